The Hall–Kier alpha value is -2.41. The van der Waals surface area contributed by atoms with Gasteiger partial charge in [0.1, 0.15) is 5.82 Å². The normalized spacial score (nSPS) is 16.7. The van der Waals surface area contributed by atoms with E-state index >= 15 is 0 Å². The van der Waals surface area contributed by atoms with Crippen molar-refractivity contribution >= 4 is 21.6 Å². The minimum Gasteiger partial charge on any atom is -0.350 e. The molecule has 7 heteroatoms. The van der Waals surface area contributed by atoms with Crippen molar-refractivity contribution in [3.05, 3.63) is 59.4 Å². The molecule has 5 nitrogen and oxygen atoms in total. The molecular formula is C19H21FN2O3S. The Bertz CT molecular complexity index is 940. The summed E-state index contributed by atoms with van der Waals surface area (Å²) in [7, 11) is -3.80. The fraction of sp³-hybridized carbons (Fsp3) is 0.316. The van der Waals surface area contributed by atoms with Crippen LogP contribution in [-0.4, -0.2) is 26.4 Å². The molecule has 0 saturated heterocycles. The van der Waals surface area contributed by atoms with Crippen LogP contribution < -0.4 is 9.62 Å². The number of benzene rings is 2. The van der Waals surface area contributed by atoms with Crippen molar-refractivity contribution in [2.24, 2.45) is 0 Å². The Kier molecular flexibility index (Phi) is 4.75. The molecule has 1 atom stereocenters. The number of rotatable bonds is 4. The minimum atomic E-state index is -3.80. The molecule has 0 spiro atoms. The number of anilines is 1. The van der Waals surface area contributed by atoms with E-state index in [0.717, 1.165) is 17.7 Å². The van der Waals surface area contributed by atoms with Gasteiger partial charge in [-0.1, -0.05) is 0 Å². The molecule has 1 aliphatic rings. The Labute approximate surface area is 152 Å². The van der Waals surface area contributed by atoms with Crippen LogP contribution in [0.2, 0.25) is 0 Å². The first-order valence-corrected chi connectivity index (χ1v) is 9.88. The highest BCUT2D eigenvalue weighted by atomic mass is 32.2. The number of hydrogen-bond acceptors (Lipinski definition) is 3. The van der Waals surface area contributed by atoms with Crippen LogP contribution in [0.25, 0.3) is 0 Å². The zero-order chi connectivity index (χ0) is 19.1. The van der Waals surface area contributed by atoms with Gasteiger partial charge in [0, 0.05) is 17.6 Å². The molecule has 3 rings (SSSR count). The third kappa shape index (κ3) is 3.31. The van der Waals surface area contributed by atoms with E-state index in [0.29, 0.717) is 17.7 Å². The lowest BCUT2D eigenvalue weighted by atomic mass is 10.1. The molecule has 0 aromatic heterocycles. The third-order valence-electron chi connectivity index (χ3n) is 4.28. The number of nitrogens with one attached hydrogen (secondary N) is 1. The van der Waals surface area contributed by atoms with Gasteiger partial charge >= 0.3 is 0 Å². The van der Waals surface area contributed by atoms with Crippen LogP contribution in [0.3, 0.4) is 0 Å². The van der Waals surface area contributed by atoms with Gasteiger partial charge in [0.2, 0.25) is 0 Å². The summed E-state index contributed by atoms with van der Waals surface area (Å²) in [4.78, 5) is 12.2. The summed E-state index contributed by atoms with van der Waals surface area (Å²) in [6.45, 7) is 5.57. The van der Waals surface area contributed by atoms with Crippen LogP contribution in [0.1, 0.15) is 36.7 Å². The summed E-state index contributed by atoms with van der Waals surface area (Å²) in [5, 5.41) is 2.83. The number of hydrogen-bond donors (Lipinski definition) is 1. The molecule has 138 valence electrons. The largest absolute Gasteiger partial charge is 0.350 e. The second kappa shape index (κ2) is 6.72. The van der Waals surface area contributed by atoms with Gasteiger partial charge in [0.05, 0.1) is 10.6 Å². The SMILES string of the molecule is CC(C)NC(=O)c1ccc2c(c1)C[C@@H](C)N2S(=O)(=O)c1ccc(F)cc1. The quantitative estimate of drug-likeness (QED) is 0.892. The summed E-state index contributed by atoms with van der Waals surface area (Å²) in [5.74, 6) is -0.671. The van der Waals surface area contributed by atoms with Crippen LogP contribution in [-0.2, 0) is 16.4 Å². The molecule has 0 fully saturated rings. The van der Waals surface area contributed by atoms with Gasteiger partial charge in [-0.15, -0.1) is 0 Å². The predicted molar refractivity (Wildman–Crippen MR) is 98.3 cm³/mol. The Balaban J connectivity index is 1.98. The van der Waals surface area contributed by atoms with Gasteiger partial charge in [0.15, 0.2) is 0 Å². The fourth-order valence-electron chi connectivity index (χ4n) is 3.18. The van der Waals surface area contributed by atoms with E-state index in [2.05, 4.69) is 5.32 Å². The number of halogens is 1. The van der Waals surface area contributed by atoms with Gasteiger partial charge in [-0.05, 0) is 75.2 Å². The molecule has 0 bridgehead atoms. The highest BCUT2D eigenvalue weighted by molar-refractivity contribution is 7.92. The van der Waals surface area contributed by atoms with Gasteiger partial charge in [-0.3, -0.25) is 9.10 Å². The maximum atomic E-state index is 13.1. The van der Waals surface area contributed by atoms with Crippen molar-refractivity contribution in [3.63, 3.8) is 0 Å². The monoisotopic (exact) mass is 376 g/mol. The zero-order valence-electron chi connectivity index (χ0n) is 14.9. The van der Waals surface area contributed by atoms with E-state index < -0.39 is 15.8 Å². The third-order valence-corrected chi connectivity index (χ3v) is 6.23. The van der Waals surface area contributed by atoms with Crippen molar-refractivity contribution in [3.8, 4) is 0 Å². The van der Waals surface area contributed by atoms with Gasteiger partial charge in [-0.25, -0.2) is 12.8 Å². The first-order valence-electron chi connectivity index (χ1n) is 8.44. The molecule has 1 heterocycles. The number of fused-ring (bicyclic) bond motifs is 1. The van der Waals surface area contributed by atoms with E-state index in [1.54, 1.807) is 18.2 Å². The molecule has 26 heavy (non-hydrogen) atoms. The van der Waals surface area contributed by atoms with Crippen molar-refractivity contribution in [1.29, 1.82) is 0 Å². The summed E-state index contributed by atoms with van der Waals surface area (Å²) in [6, 6.07) is 9.55. The molecule has 1 amide bonds. The van der Waals surface area contributed by atoms with Crippen LogP contribution in [0.15, 0.2) is 47.4 Å². The topological polar surface area (TPSA) is 66.5 Å². The molecule has 0 radical (unpaired) electrons. The zero-order valence-corrected chi connectivity index (χ0v) is 15.7. The van der Waals surface area contributed by atoms with Crippen molar-refractivity contribution < 1.29 is 17.6 Å². The Morgan fingerprint density at radius 3 is 2.46 bits per heavy atom. The smallest absolute Gasteiger partial charge is 0.264 e. The molecular weight excluding hydrogens is 355 g/mol. The molecule has 0 saturated carbocycles. The minimum absolute atomic E-state index is 0.0185. The maximum Gasteiger partial charge on any atom is 0.264 e. The summed E-state index contributed by atoms with van der Waals surface area (Å²) >= 11 is 0. The van der Waals surface area contributed by atoms with Crippen LogP contribution in [0, 0.1) is 5.82 Å². The lowest BCUT2D eigenvalue weighted by Gasteiger charge is -2.24. The molecule has 0 unspecified atom stereocenters. The summed E-state index contributed by atoms with van der Waals surface area (Å²) in [6.07, 6.45) is 0.512. The van der Waals surface area contributed by atoms with Crippen LogP contribution in [0.4, 0.5) is 10.1 Å². The van der Waals surface area contributed by atoms with E-state index in [4.69, 9.17) is 0 Å². The first kappa shape index (κ1) is 18.4. The molecule has 1 aliphatic heterocycles. The second-order valence-corrected chi connectivity index (χ2v) is 8.59. The van der Waals surface area contributed by atoms with Crippen molar-refractivity contribution in [1.82, 2.24) is 5.32 Å². The maximum absolute atomic E-state index is 13.1. The molecule has 1 N–H and O–H groups in total. The average Bonchev–Trinajstić information content (AvgIpc) is 2.90. The lowest BCUT2D eigenvalue weighted by Crippen LogP contribution is -2.35. The molecule has 2 aromatic rings. The molecule has 0 aliphatic carbocycles. The number of carbonyl (C=O) groups excluding carboxylic acids is 1. The van der Waals surface area contributed by atoms with Gasteiger partial charge < -0.3 is 5.32 Å². The summed E-state index contributed by atoms with van der Waals surface area (Å²) < 4.78 is 40.5. The van der Waals surface area contributed by atoms with Crippen LogP contribution in [0.5, 0.6) is 0 Å². The molecule has 2 aromatic carbocycles. The van der Waals surface area contributed by atoms with E-state index in [-0.39, 0.29) is 22.9 Å². The standard InChI is InChI=1S/C19H21FN2O3S/c1-12(2)21-19(23)14-4-9-18-15(11-14)10-13(3)22(18)26(24,25)17-7-5-16(20)6-8-17/h4-9,11-13H,10H2,1-3H3,(H,21,23)/t13-/m1/s1. The van der Waals surface area contributed by atoms with E-state index in [1.165, 1.54) is 16.4 Å². The average molecular weight is 376 g/mol. The highest BCUT2D eigenvalue weighted by Gasteiger charge is 2.36. The second-order valence-electron chi connectivity index (χ2n) is 6.78. The van der Waals surface area contributed by atoms with E-state index in [1.807, 2.05) is 20.8 Å². The highest BCUT2D eigenvalue weighted by Crippen LogP contribution is 2.37. The van der Waals surface area contributed by atoms with Crippen LogP contribution >= 0.6 is 0 Å². The van der Waals surface area contributed by atoms with Gasteiger partial charge in [0.25, 0.3) is 15.9 Å². The first-order chi connectivity index (χ1) is 12.2. The number of nitrogens with zero attached hydrogens (tertiary/aromatic N) is 1. The Morgan fingerprint density at radius 1 is 1.19 bits per heavy atom. The number of carbonyl (C=O) groups is 1. The van der Waals surface area contributed by atoms with Gasteiger partial charge in [-0.2, -0.15) is 0 Å². The Morgan fingerprint density at radius 2 is 1.85 bits per heavy atom. The number of amides is 1. The fourth-order valence-corrected chi connectivity index (χ4v) is 4.87. The van der Waals surface area contributed by atoms with Crippen molar-refractivity contribution in [2.45, 2.75) is 44.2 Å². The van der Waals surface area contributed by atoms with E-state index in [9.17, 15) is 17.6 Å². The predicted octanol–water partition coefficient (Wildman–Crippen LogP) is 3.10. The summed E-state index contributed by atoms with van der Waals surface area (Å²) in [5.41, 5.74) is 1.87. The lowest BCUT2D eigenvalue weighted by molar-refractivity contribution is 0.0943. The number of sulfonamides is 1. The van der Waals surface area contributed by atoms with Crippen molar-refractivity contribution in [2.75, 3.05) is 4.31 Å².